The van der Waals surface area contributed by atoms with Crippen LogP contribution >= 0.6 is 0 Å². The number of H-pyrrole nitrogens is 1. The Hall–Kier alpha value is -1.49. The fourth-order valence-corrected chi connectivity index (χ4v) is 2.16. The molecule has 0 atom stereocenters. The van der Waals surface area contributed by atoms with E-state index in [1.807, 2.05) is 18.9 Å². The highest BCUT2D eigenvalue weighted by atomic mass is 19.4. The Kier molecular flexibility index (Phi) is 3.85. The molecule has 0 amide bonds. The van der Waals surface area contributed by atoms with E-state index in [0.717, 1.165) is 6.54 Å². The molecule has 0 aliphatic carbocycles. The van der Waals surface area contributed by atoms with Gasteiger partial charge in [0.2, 0.25) is 0 Å². The summed E-state index contributed by atoms with van der Waals surface area (Å²) in [7, 11) is 1.90. The molecule has 0 saturated heterocycles. The standard InChI is InChI=1S/C14H17F3N2/c1-3-19(2)9-8-11-10-6-4-5-7-12(10)18-13(11)14(15,16)17/h4-7,18H,3,8-9H2,1-2H3. The molecule has 0 bridgehead atoms. The van der Waals surface area contributed by atoms with Crippen LogP contribution in [0.3, 0.4) is 0 Å². The van der Waals surface area contributed by atoms with Crippen LogP contribution in [-0.4, -0.2) is 30.0 Å². The Balaban J connectivity index is 2.43. The summed E-state index contributed by atoms with van der Waals surface area (Å²) in [5, 5.41) is 0.666. The maximum atomic E-state index is 13.0. The van der Waals surface area contributed by atoms with Crippen LogP contribution in [0.2, 0.25) is 0 Å². The van der Waals surface area contributed by atoms with Crippen molar-refractivity contribution in [2.75, 3.05) is 20.1 Å². The summed E-state index contributed by atoms with van der Waals surface area (Å²) in [5.74, 6) is 0. The monoisotopic (exact) mass is 270 g/mol. The SMILES string of the molecule is CCN(C)CCc1c(C(F)(F)F)[nH]c2ccccc12. The quantitative estimate of drug-likeness (QED) is 0.898. The van der Waals surface area contributed by atoms with Gasteiger partial charge in [-0.2, -0.15) is 13.2 Å². The predicted octanol–water partition coefficient (Wildman–Crippen LogP) is 3.68. The van der Waals surface area contributed by atoms with Gasteiger partial charge in [-0.05, 0) is 31.6 Å². The number of aromatic nitrogens is 1. The van der Waals surface area contributed by atoms with Crippen LogP contribution < -0.4 is 0 Å². The summed E-state index contributed by atoms with van der Waals surface area (Å²) in [6.45, 7) is 3.42. The van der Waals surface area contributed by atoms with Crippen molar-refractivity contribution in [2.24, 2.45) is 0 Å². The van der Waals surface area contributed by atoms with Gasteiger partial charge in [0.25, 0.3) is 0 Å². The average molecular weight is 270 g/mol. The summed E-state index contributed by atoms with van der Waals surface area (Å²) in [5.41, 5.74) is 0.297. The van der Waals surface area contributed by atoms with Crippen molar-refractivity contribution in [3.8, 4) is 0 Å². The number of hydrogen-bond acceptors (Lipinski definition) is 1. The summed E-state index contributed by atoms with van der Waals surface area (Å²) in [4.78, 5) is 4.50. The molecule has 2 aromatic rings. The molecule has 0 aliphatic rings. The Morgan fingerprint density at radius 1 is 1.21 bits per heavy atom. The summed E-state index contributed by atoms with van der Waals surface area (Å²) in [6, 6.07) is 6.92. The van der Waals surface area contributed by atoms with Crippen LogP contribution in [-0.2, 0) is 12.6 Å². The van der Waals surface area contributed by atoms with Crippen molar-refractivity contribution >= 4 is 10.9 Å². The van der Waals surface area contributed by atoms with E-state index in [1.165, 1.54) is 0 Å². The first-order chi connectivity index (χ1) is 8.93. The number of benzene rings is 1. The molecule has 0 unspecified atom stereocenters. The second kappa shape index (κ2) is 5.25. The minimum atomic E-state index is -4.33. The minimum absolute atomic E-state index is 0.364. The number of nitrogens with one attached hydrogen (secondary N) is 1. The maximum absolute atomic E-state index is 13.0. The Morgan fingerprint density at radius 3 is 2.53 bits per heavy atom. The van der Waals surface area contributed by atoms with Gasteiger partial charge in [0.1, 0.15) is 5.69 Å². The van der Waals surface area contributed by atoms with E-state index < -0.39 is 11.9 Å². The van der Waals surface area contributed by atoms with Gasteiger partial charge in [-0.3, -0.25) is 0 Å². The molecule has 19 heavy (non-hydrogen) atoms. The van der Waals surface area contributed by atoms with Crippen LogP contribution in [0.5, 0.6) is 0 Å². The molecule has 0 fully saturated rings. The smallest absolute Gasteiger partial charge is 0.351 e. The number of halogens is 3. The maximum Gasteiger partial charge on any atom is 0.431 e. The first kappa shape index (κ1) is 13.9. The van der Waals surface area contributed by atoms with E-state index in [0.29, 0.717) is 29.4 Å². The molecule has 2 rings (SSSR count). The first-order valence-corrected chi connectivity index (χ1v) is 6.28. The highest BCUT2D eigenvalue weighted by molar-refractivity contribution is 5.84. The van der Waals surface area contributed by atoms with Crippen LogP contribution in [0.4, 0.5) is 13.2 Å². The van der Waals surface area contributed by atoms with Crippen molar-refractivity contribution < 1.29 is 13.2 Å². The fourth-order valence-electron chi connectivity index (χ4n) is 2.16. The molecule has 1 N–H and O–H groups in total. The predicted molar refractivity (Wildman–Crippen MR) is 70.2 cm³/mol. The number of hydrogen-bond donors (Lipinski definition) is 1. The zero-order valence-corrected chi connectivity index (χ0v) is 11.0. The zero-order valence-electron chi connectivity index (χ0n) is 11.0. The largest absolute Gasteiger partial charge is 0.431 e. The van der Waals surface area contributed by atoms with Crippen LogP contribution in [0.25, 0.3) is 10.9 Å². The van der Waals surface area contributed by atoms with Crippen molar-refractivity contribution in [1.82, 2.24) is 9.88 Å². The van der Waals surface area contributed by atoms with Crippen LogP contribution in [0, 0.1) is 0 Å². The van der Waals surface area contributed by atoms with Gasteiger partial charge in [0.05, 0.1) is 0 Å². The van der Waals surface area contributed by atoms with Crippen molar-refractivity contribution in [1.29, 1.82) is 0 Å². The normalized spacial score (nSPS) is 12.5. The highest BCUT2D eigenvalue weighted by Crippen LogP contribution is 2.35. The highest BCUT2D eigenvalue weighted by Gasteiger charge is 2.36. The molecule has 5 heteroatoms. The van der Waals surface area contributed by atoms with Gasteiger partial charge in [0, 0.05) is 17.4 Å². The lowest BCUT2D eigenvalue weighted by Gasteiger charge is -2.14. The number of aromatic amines is 1. The number of alkyl halides is 3. The second-order valence-electron chi connectivity index (χ2n) is 4.67. The van der Waals surface area contributed by atoms with Gasteiger partial charge in [-0.15, -0.1) is 0 Å². The van der Waals surface area contributed by atoms with Crippen molar-refractivity contribution in [3.05, 3.63) is 35.5 Å². The molecule has 0 aliphatic heterocycles. The molecule has 1 aromatic carbocycles. The third-order valence-corrected chi connectivity index (χ3v) is 3.38. The Morgan fingerprint density at radius 2 is 1.89 bits per heavy atom. The molecule has 104 valence electrons. The van der Waals surface area contributed by atoms with Gasteiger partial charge in [0.15, 0.2) is 0 Å². The number of rotatable bonds is 4. The third kappa shape index (κ3) is 2.92. The van der Waals surface area contributed by atoms with Gasteiger partial charge >= 0.3 is 6.18 Å². The molecule has 0 saturated carbocycles. The van der Waals surface area contributed by atoms with Crippen molar-refractivity contribution in [2.45, 2.75) is 19.5 Å². The Bertz CT molecular complexity index is 557. The van der Waals surface area contributed by atoms with E-state index >= 15 is 0 Å². The first-order valence-electron chi connectivity index (χ1n) is 6.28. The van der Waals surface area contributed by atoms with Crippen molar-refractivity contribution in [3.63, 3.8) is 0 Å². The summed E-state index contributed by atoms with van der Waals surface area (Å²) in [6.07, 6.45) is -3.94. The molecule has 2 nitrogen and oxygen atoms in total. The minimum Gasteiger partial charge on any atom is -0.351 e. The molecular weight excluding hydrogens is 253 g/mol. The van der Waals surface area contributed by atoms with E-state index in [4.69, 9.17) is 0 Å². The topological polar surface area (TPSA) is 19.0 Å². The number of nitrogens with zero attached hydrogens (tertiary/aromatic N) is 1. The lowest BCUT2D eigenvalue weighted by atomic mass is 10.1. The molecule has 1 aromatic heterocycles. The number of likely N-dealkylation sites (N-methyl/N-ethyl adjacent to an activating group) is 1. The van der Waals surface area contributed by atoms with Gasteiger partial charge in [-0.1, -0.05) is 25.1 Å². The fraction of sp³-hybridized carbons (Fsp3) is 0.429. The lowest BCUT2D eigenvalue weighted by Crippen LogP contribution is -2.21. The molecule has 1 heterocycles. The number of para-hydroxylation sites is 1. The molecular formula is C14H17F3N2. The van der Waals surface area contributed by atoms with E-state index in [9.17, 15) is 13.2 Å². The molecule has 0 radical (unpaired) electrons. The zero-order chi connectivity index (χ0) is 14.0. The molecule has 0 spiro atoms. The summed E-state index contributed by atoms with van der Waals surface area (Å²) >= 11 is 0. The number of fused-ring (bicyclic) bond motifs is 1. The van der Waals surface area contributed by atoms with E-state index in [2.05, 4.69) is 4.98 Å². The van der Waals surface area contributed by atoms with Crippen LogP contribution in [0.15, 0.2) is 24.3 Å². The average Bonchev–Trinajstić information content (AvgIpc) is 2.74. The second-order valence-corrected chi connectivity index (χ2v) is 4.67. The lowest BCUT2D eigenvalue weighted by molar-refractivity contribution is -0.141. The van der Waals surface area contributed by atoms with Gasteiger partial charge < -0.3 is 9.88 Å². The summed E-state index contributed by atoms with van der Waals surface area (Å²) < 4.78 is 39.1. The van der Waals surface area contributed by atoms with Gasteiger partial charge in [-0.25, -0.2) is 0 Å². The Labute approximate surface area is 110 Å². The third-order valence-electron chi connectivity index (χ3n) is 3.38. The van der Waals surface area contributed by atoms with Crippen LogP contribution in [0.1, 0.15) is 18.2 Å². The van der Waals surface area contributed by atoms with E-state index in [-0.39, 0.29) is 0 Å². The van der Waals surface area contributed by atoms with E-state index in [1.54, 1.807) is 24.3 Å².